The van der Waals surface area contributed by atoms with Crippen LogP contribution in [0.5, 0.6) is 0 Å². The van der Waals surface area contributed by atoms with Crippen LogP contribution in [-0.4, -0.2) is 11.1 Å². The lowest BCUT2D eigenvalue weighted by molar-refractivity contribution is 0.800. The molecule has 0 radical (unpaired) electrons. The summed E-state index contributed by atoms with van der Waals surface area (Å²) in [6.07, 6.45) is 5.24. The predicted octanol–water partition coefficient (Wildman–Crippen LogP) is 2.64. The molecule has 0 bridgehead atoms. The molecule has 84 valence electrons. The van der Waals surface area contributed by atoms with Crippen molar-refractivity contribution in [3.63, 3.8) is 0 Å². The van der Waals surface area contributed by atoms with Crippen molar-refractivity contribution in [3.05, 3.63) is 57.4 Å². The van der Waals surface area contributed by atoms with Gasteiger partial charge >= 0.3 is 0 Å². The maximum Gasteiger partial charge on any atom is 0.0470 e. The molecule has 0 atom stereocenters. The second kappa shape index (κ2) is 5.50. The highest BCUT2D eigenvalue weighted by Crippen LogP contribution is 2.09. The highest BCUT2D eigenvalue weighted by Gasteiger charge is 1.97. The SMILES string of the molecule is NCCc1ccn(Cc2ccc(I)cc2)c1. The van der Waals surface area contributed by atoms with Crippen molar-refractivity contribution in [1.29, 1.82) is 0 Å². The second-order valence-electron chi connectivity index (χ2n) is 3.86. The molecule has 3 heteroatoms. The van der Waals surface area contributed by atoms with Gasteiger partial charge in [0.2, 0.25) is 0 Å². The van der Waals surface area contributed by atoms with E-state index in [2.05, 4.69) is 69.9 Å². The molecule has 0 unspecified atom stereocenters. The largest absolute Gasteiger partial charge is 0.350 e. The summed E-state index contributed by atoms with van der Waals surface area (Å²) < 4.78 is 3.48. The van der Waals surface area contributed by atoms with E-state index in [-0.39, 0.29) is 0 Å². The van der Waals surface area contributed by atoms with Crippen LogP contribution in [0.2, 0.25) is 0 Å². The maximum absolute atomic E-state index is 5.53. The number of aromatic nitrogens is 1. The minimum atomic E-state index is 0.716. The fourth-order valence-electron chi connectivity index (χ4n) is 1.70. The molecule has 2 nitrogen and oxygen atoms in total. The van der Waals surface area contributed by atoms with Gasteiger partial charge in [0.25, 0.3) is 0 Å². The first-order chi connectivity index (χ1) is 7.78. The molecule has 0 aliphatic heterocycles. The summed E-state index contributed by atoms with van der Waals surface area (Å²) in [7, 11) is 0. The van der Waals surface area contributed by atoms with Crippen LogP contribution in [0.3, 0.4) is 0 Å². The second-order valence-corrected chi connectivity index (χ2v) is 5.10. The Bertz CT molecular complexity index is 445. The van der Waals surface area contributed by atoms with Gasteiger partial charge in [0.05, 0.1) is 0 Å². The molecule has 0 fully saturated rings. The van der Waals surface area contributed by atoms with E-state index in [1.165, 1.54) is 14.7 Å². The van der Waals surface area contributed by atoms with Crippen molar-refractivity contribution < 1.29 is 0 Å². The van der Waals surface area contributed by atoms with Crippen LogP contribution in [0.4, 0.5) is 0 Å². The zero-order chi connectivity index (χ0) is 11.4. The Labute approximate surface area is 110 Å². The molecular formula is C13H15IN2. The summed E-state index contributed by atoms with van der Waals surface area (Å²) in [5.41, 5.74) is 8.17. The molecule has 1 aromatic carbocycles. The fraction of sp³-hybridized carbons (Fsp3) is 0.231. The number of nitrogens with two attached hydrogens (primary N) is 1. The molecule has 2 N–H and O–H groups in total. The summed E-state index contributed by atoms with van der Waals surface area (Å²) in [6.45, 7) is 1.65. The Balaban J connectivity index is 2.05. The topological polar surface area (TPSA) is 30.9 Å². The van der Waals surface area contributed by atoms with E-state index >= 15 is 0 Å². The van der Waals surface area contributed by atoms with Crippen LogP contribution in [0.1, 0.15) is 11.1 Å². The van der Waals surface area contributed by atoms with Gasteiger partial charge in [0.1, 0.15) is 0 Å². The number of halogens is 1. The Kier molecular flexibility index (Phi) is 4.01. The predicted molar refractivity (Wildman–Crippen MR) is 75.5 cm³/mol. The van der Waals surface area contributed by atoms with E-state index in [0.717, 1.165) is 13.0 Å². The molecule has 1 heterocycles. The van der Waals surface area contributed by atoms with Gasteiger partial charge in [-0.05, 0) is 64.9 Å². The Morgan fingerprint density at radius 1 is 1.06 bits per heavy atom. The van der Waals surface area contributed by atoms with Gasteiger partial charge in [-0.15, -0.1) is 0 Å². The minimum absolute atomic E-state index is 0.716. The Hall–Kier alpha value is -0.810. The summed E-state index contributed by atoms with van der Waals surface area (Å²) in [5, 5.41) is 0. The van der Waals surface area contributed by atoms with Gasteiger partial charge in [-0.3, -0.25) is 0 Å². The third-order valence-corrected chi connectivity index (χ3v) is 3.24. The van der Waals surface area contributed by atoms with Crippen molar-refractivity contribution in [2.45, 2.75) is 13.0 Å². The first kappa shape index (κ1) is 11.7. The van der Waals surface area contributed by atoms with Crippen LogP contribution in [0.15, 0.2) is 42.7 Å². The third-order valence-electron chi connectivity index (χ3n) is 2.52. The van der Waals surface area contributed by atoms with E-state index in [4.69, 9.17) is 5.73 Å². The highest BCUT2D eigenvalue weighted by molar-refractivity contribution is 14.1. The quantitative estimate of drug-likeness (QED) is 0.861. The first-order valence-electron chi connectivity index (χ1n) is 5.37. The molecule has 0 amide bonds. The van der Waals surface area contributed by atoms with Gasteiger partial charge in [0, 0.05) is 22.5 Å². The molecule has 0 saturated carbocycles. The van der Waals surface area contributed by atoms with E-state index < -0.39 is 0 Å². The van der Waals surface area contributed by atoms with Gasteiger partial charge in [0.15, 0.2) is 0 Å². The minimum Gasteiger partial charge on any atom is -0.350 e. The van der Waals surface area contributed by atoms with E-state index in [9.17, 15) is 0 Å². The van der Waals surface area contributed by atoms with Crippen molar-refractivity contribution in [2.75, 3.05) is 6.54 Å². The van der Waals surface area contributed by atoms with E-state index in [0.29, 0.717) is 6.54 Å². The summed E-state index contributed by atoms with van der Waals surface area (Å²) >= 11 is 2.32. The van der Waals surface area contributed by atoms with E-state index in [1.54, 1.807) is 0 Å². The molecule has 0 aliphatic carbocycles. The molecule has 2 rings (SSSR count). The van der Waals surface area contributed by atoms with Gasteiger partial charge in [-0.2, -0.15) is 0 Å². The van der Waals surface area contributed by atoms with Crippen molar-refractivity contribution in [3.8, 4) is 0 Å². The number of hydrogen-bond donors (Lipinski definition) is 1. The molecule has 0 spiro atoms. The lowest BCUT2D eigenvalue weighted by Crippen LogP contribution is -2.02. The van der Waals surface area contributed by atoms with Crippen LogP contribution in [-0.2, 0) is 13.0 Å². The Morgan fingerprint density at radius 3 is 2.50 bits per heavy atom. The zero-order valence-corrected chi connectivity index (χ0v) is 11.2. The maximum atomic E-state index is 5.53. The van der Waals surface area contributed by atoms with Crippen LogP contribution >= 0.6 is 22.6 Å². The number of rotatable bonds is 4. The van der Waals surface area contributed by atoms with Crippen molar-refractivity contribution >= 4 is 22.6 Å². The number of benzene rings is 1. The lowest BCUT2D eigenvalue weighted by atomic mass is 10.2. The third kappa shape index (κ3) is 3.09. The number of nitrogens with zero attached hydrogens (tertiary/aromatic N) is 1. The van der Waals surface area contributed by atoms with Gasteiger partial charge < -0.3 is 10.3 Å². The summed E-state index contributed by atoms with van der Waals surface area (Å²) in [5.74, 6) is 0. The molecule has 0 aliphatic rings. The van der Waals surface area contributed by atoms with Gasteiger partial charge in [-0.1, -0.05) is 12.1 Å². The number of hydrogen-bond acceptors (Lipinski definition) is 1. The standard InChI is InChI=1S/C13H15IN2/c14-13-3-1-11(2-4-13)9-16-8-6-12(10-16)5-7-15/h1-4,6,8,10H,5,7,9,15H2. The molecule has 16 heavy (non-hydrogen) atoms. The van der Waals surface area contributed by atoms with Crippen LogP contribution < -0.4 is 5.73 Å². The fourth-order valence-corrected chi connectivity index (χ4v) is 2.06. The highest BCUT2D eigenvalue weighted by atomic mass is 127. The Morgan fingerprint density at radius 2 is 1.81 bits per heavy atom. The first-order valence-corrected chi connectivity index (χ1v) is 6.45. The van der Waals surface area contributed by atoms with Crippen molar-refractivity contribution in [1.82, 2.24) is 4.57 Å². The smallest absolute Gasteiger partial charge is 0.0470 e. The monoisotopic (exact) mass is 326 g/mol. The van der Waals surface area contributed by atoms with Crippen LogP contribution in [0.25, 0.3) is 0 Å². The van der Waals surface area contributed by atoms with Crippen molar-refractivity contribution in [2.24, 2.45) is 5.73 Å². The summed E-state index contributed by atoms with van der Waals surface area (Å²) in [4.78, 5) is 0. The normalized spacial score (nSPS) is 10.6. The molecular weight excluding hydrogens is 311 g/mol. The average molecular weight is 326 g/mol. The average Bonchev–Trinajstić information content (AvgIpc) is 2.70. The molecule has 0 saturated heterocycles. The molecule has 2 aromatic rings. The molecule has 1 aromatic heterocycles. The lowest BCUT2D eigenvalue weighted by Gasteiger charge is -2.03. The van der Waals surface area contributed by atoms with Gasteiger partial charge in [-0.25, -0.2) is 0 Å². The van der Waals surface area contributed by atoms with Crippen LogP contribution in [0, 0.1) is 3.57 Å². The summed E-state index contributed by atoms with van der Waals surface area (Å²) in [6, 6.07) is 10.8. The van der Waals surface area contributed by atoms with E-state index in [1.807, 2.05) is 0 Å². The zero-order valence-electron chi connectivity index (χ0n) is 9.07.